The van der Waals surface area contributed by atoms with E-state index in [1.165, 1.54) is 6.08 Å². The predicted octanol–water partition coefficient (Wildman–Crippen LogP) is 0.318. The molecule has 1 aromatic carbocycles. The number of imidazole rings is 1. The Balaban J connectivity index is 2.02. The van der Waals surface area contributed by atoms with Crippen molar-refractivity contribution in [3.8, 4) is 0 Å². The first-order valence-electron chi connectivity index (χ1n) is 6.92. The van der Waals surface area contributed by atoms with Gasteiger partial charge in [0.25, 0.3) is 11.5 Å². The molecule has 0 atom stereocenters. The van der Waals surface area contributed by atoms with E-state index in [1.54, 1.807) is 23.0 Å². The molecule has 6 N–H and O–H groups in total. The number of nitrogens with two attached hydrogens (primary N) is 1. The number of hydrogen-bond donors (Lipinski definition) is 5. The number of anilines is 1. The number of nitrogen functional groups attached to an aromatic ring is 1. The number of nitrogens with one attached hydrogen (secondary N) is 2. The summed E-state index contributed by atoms with van der Waals surface area (Å²) in [7, 11) is -4.24. The van der Waals surface area contributed by atoms with E-state index >= 15 is 0 Å². The fourth-order valence-electron chi connectivity index (χ4n) is 2.34. The first-order valence-corrected chi connectivity index (χ1v) is 8.60. The molecule has 2 aromatic heterocycles. The first-order chi connectivity index (χ1) is 11.3. The Bertz CT molecular complexity index is 1030. The molecule has 9 nitrogen and oxygen atoms in total. The molecule has 0 fully saturated rings. The Morgan fingerprint density at radius 1 is 1.33 bits per heavy atom. The number of benzene rings is 1. The highest BCUT2D eigenvalue weighted by molar-refractivity contribution is 7.55. The molecular formula is C14H15N5O4P+. The largest absolute Gasteiger partial charge is 0.355 e. The van der Waals surface area contributed by atoms with Crippen LogP contribution in [0.2, 0.25) is 0 Å². The van der Waals surface area contributed by atoms with E-state index in [9.17, 15) is 9.36 Å². The minimum Gasteiger partial charge on any atom is -0.355 e. The van der Waals surface area contributed by atoms with Crippen molar-refractivity contribution in [1.29, 1.82) is 0 Å². The lowest BCUT2D eigenvalue weighted by Crippen LogP contribution is -2.34. The van der Waals surface area contributed by atoms with Crippen molar-refractivity contribution in [2.45, 2.75) is 6.54 Å². The van der Waals surface area contributed by atoms with E-state index in [2.05, 4.69) is 15.0 Å². The lowest BCUT2D eigenvalue weighted by atomic mass is 10.1. The molecule has 10 heteroatoms. The van der Waals surface area contributed by atoms with Crippen molar-refractivity contribution in [2.24, 2.45) is 0 Å². The molecule has 124 valence electrons. The first kappa shape index (κ1) is 16.1. The number of hydrogen-bond acceptors (Lipinski definition) is 4. The highest BCUT2D eigenvalue weighted by Crippen LogP contribution is 2.37. The smallest absolute Gasteiger partial charge is 0.349 e. The zero-order chi connectivity index (χ0) is 17.3. The van der Waals surface area contributed by atoms with Crippen molar-refractivity contribution in [1.82, 2.24) is 15.0 Å². The van der Waals surface area contributed by atoms with Crippen LogP contribution in [0.1, 0.15) is 11.1 Å². The minimum absolute atomic E-state index is 0.00975. The second-order valence-electron chi connectivity index (χ2n) is 5.15. The average Bonchev–Trinajstić information content (AvgIpc) is 2.89. The Kier molecular flexibility index (Phi) is 4.06. The lowest BCUT2D eigenvalue weighted by Gasteiger charge is -2.05. The van der Waals surface area contributed by atoms with Gasteiger partial charge >= 0.3 is 13.2 Å². The molecule has 24 heavy (non-hydrogen) atoms. The van der Waals surface area contributed by atoms with Crippen LogP contribution in [0.5, 0.6) is 0 Å². The van der Waals surface area contributed by atoms with Crippen LogP contribution in [-0.2, 0) is 11.1 Å². The van der Waals surface area contributed by atoms with Crippen molar-refractivity contribution in [3.63, 3.8) is 0 Å². The summed E-state index contributed by atoms with van der Waals surface area (Å²) in [6.45, 7) is 0.345. The van der Waals surface area contributed by atoms with Gasteiger partial charge in [0.1, 0.15) is 0 Å². The van der Waals surface area contributed by atoms with Crippen molar-refractivity contribution < 1.29 is 18.9 Å². The van der Waals surface area contributed by atoms with Gasteiger partial charge in [0.05, 0.1) is 6.54 Å². The van der Waals surface area contributed by atoms with Gasteiger partial charge in [0.15, 0.2) is 6.33 Å². The van der Waals surface area contributed by atoms with E-state index in [4.69, 9.17) is 15.5 Å². The second kappa shape index (κ2) is 6.04. The van der Waals surface area contributed by atoms with Crippen LogP contribution >= 0.6 is 7.60 Å². The molecular weight excluding hydrogens is 333 g/mol. The third kappa shape index (κ3) is 3.43. The van der Waals surface area contributed by atoms with Gasteiger partial charge in [-0.2, -0.15) is 0 Å². The third-order valence-electron chi connectivity index (χ3n) is 3.40. The number of nitrogens with zero attached hydrogens (tertiary/aromatic N) is 2. The monoisotopic (exact) mass is 348 g/mol. The number of aromatic nitrogens is 4. The standard InChI is InChI=1S/C14H14N5O4P/c15-14-17-12-11(13(20)18-14)16-8-19(12)7-10-4-2-1-3-9(10)5-6-24(21,22)23/h1-6,8H,7H2,(H5,15,17,18,20,21,22,23)/p+1. The van der Waals surface area contributed by atoms with E-state index in [1.807, 2.05) is 12.1 Å². The number of H-pyrrole nitrogens is 2. The Labute approximate surface area is 135 Å². The molecule has 0 saturated heterocycles. The Morgan fingerprint density at radius 3 is 2.83 bits per heavy atom. The third-order valence-corrected chi connectivity index (χ3v) is 3.94. The van der Waals surface area contributed by atoms with Gasteiger partial charge in [0.2, 0.25) is 5.52 Å². The topological polar surface area (TPSA) is 149 Å². The van der Waals surface area contributed by atoms with Gasteiger partial charge in [-0.1, -0.05) is 29.2 Å². The highest BCUT2D eigenvalue weighted by Gasteiger charge is 2.17. The van der Waals surface area contributed by atoms with E-state index in [0.29, 0.717) is 23.3 Å². The van der Waals surface area contributed by atoms with Crippen LogP contribution < -0.4 is 15.9 Å². The van der Waals surface area contributed by atoms with Gasteiger partial charge in [-0.15, -0.1) is 0 Å². The fraction of sp³-hybridized carbons (Fsp3) is 0.0714. The molecule has 0 aliphatic heterocycles. The van der Waals surface area contributed by atoms with Crippen LogP contribution in [0.4, 0.5) is 5.95 Å². The molecule has 0 unspecified atom stereocenters. The van der Waals surface area contributed by atoms with Crippen LogP contribution in [0.3, 0.4) is 0 Å². The lowest BCUT2D eigenvalue weighted by molar-refractivity contribution is -0.664. The summed E-state index contributed by atoms with van der Waals surface area (Å²) in [5.74, 6) is 0.864. The molecule has 3 aromatic rings. The molecule has 2 heterocycles. The zero-order valence-corrected chi connectivity index (χ0v) is 13.3. The van der Waals surface area contributed by atoms with Crippen LogP contribution in [0.25, 0.3) is 17.2 Å². The SMILES string of the molecule is Nc1nc2c([nH]c[n+]2Cc2ccccc2C=CP(=O)(O)O)c(=O)[nH]1. The van der Waals surface area contributed by atoms with E-state index in [-0.39, 0.29) is 11.5 Å². The van der Waals surface area contributed by atoms with Crippen molar-refractivity contribution >= 4 is 30.8 Å². The van der Waals surface area contributed by atoms with Crippen LogP contribution in [0.15, 0.2) is 41.2 Å². The molecule has 3 rings (SSSR count). The van der Waals surface area contributed by atoms with E-state index in [0.717, 1.165) is 11.4 Å². The number of fused-ring (bicyclic) bond motifs is 1. The number of rotatable bonds is 4. The summed E-state index contributed by atoms with van der Waals surface area (Å²) in [5.41, 5.74) is 7.36. The maximum absolute atomic E-state index is 11.8. The van der Waals surface area contributed by atoms with Gasteiger partial charge < -0.3 is 15.5 Å². The average molecular weight is 348 g/mol. The van der Waals surface area contributed by atoms with Crippen LogP contribution in [0, 0.1) is 0 Å². The summed E-state index contributed by atoms with van der Waals surface area (Å²) in [6.07, 6.45) is 2.97. The predicted molar refractivity (Wildman–Crippen MR) is 87.9 cm³/mol. The van der Waals surface area contributed by atoms with Gasteiger partial charge in [-0.25, -0.2) is 4.57 Å². The Morgan fingerprint density at radius 2 is 2.08 bits per heavy atom. The molecule has 0 bridgehead atoms. The van der Waals surface area contributed by atoms with Gasteiger partial charge in [-0.05, 0) is 17.2 Å². The highest BCUT2D eigenvalue weighted by atomic mass is 31.2. The van der Waals surface area contributed by atoms with Crippen molar-refractivity contribution in [3.05, 3.63) is 57.9 Å². The van der Waals surface area contributed by atoms with Crippen LogP contribution in [-0.4, -0.2) is 24.7 Å². The Hall–Kier alpha value is -2.74. The molecule has 0 aliphatic carbocycles. The van der Waals surface area contributed by atoms with Gasteiger partial charge in [-0.3, -0.25) is 19.3 Å². The molecule has 0 amide bonds. The molecule has 0 aliphatic rings. The fourth-order valence-corrected chi connectivity index (χ4v) is 2.70. The van der Waals surface area contributed by atoms with E-state index < -0.39 is 7.60 Å². The molecule has 0 saturated carbocycles. The molecule has 0 spiro atoms. The summed E-state index contributed by atoms with van der Waals surface area (Å²) in [4.78, 5) is 39.2. The zero-order valence-electron chi connectivity index (χ0n) is 12.4. The summed E-state index contributed by atoms with van der Waals surface area (Å²) < 4.78 is 12.7. The minimum atomic E-state index is -4.24. The van der Waals surface area contributed by atoms with Crippen molar-refractivity contribution in [2.75, 3.05) is 5.73 Å². The molecule has 0 radical (unpaired) electrons. The number of aromatic amines is 2. The second-order valence-corrected chi connectivity index (χ2v) is 6.63. The summed E-state index contributed by atoms with van der Waals surface area (Å²) >= 11 is 0. The normalized spacial score (nSPS) is 12.2. The maximum Gasteiger partial charge on any atom is 0.349 e. The maximum atomic E-state index is 11.8. The summed E-state index contributed by atoms with van der Waals surface area (Å²) in [6, 6.07) is 7.14. The van der Waals surface area contributed by atoms with Gasteiger partial charge in [0, 0.05) is 5.82 Å². The quantitative estimate of drug-likeness (QED) is 0.338. The summed E-state index contributed by atoms with van der Waals surface area (Å²) in [5, 5.41) is 0.